The molecule has 0 bridgehead atoms. The lowest BCUT2D eigenvalue weighted by molar-refractivity contribution is -0.117. The van der Waals surface area contributed by atoms with Crippen LogP contribution in [-0.2, 0) is 4.79 Å². The second-order valence-corrected chi connectivity index (χ2v) is 5.90. The Morgan fingerprint density at radius 2 is 2.17 bits per heavy atom. The van der Waals surface area contributed by atoms with Crippen LogP contribution in [0.15, 0.2) is 18.2 Å². The standard InChI is InChI=1S/C15H19NO2/c1-10(2)11-4-5-13-12(8-11)16-14(17)6-7-15(16,3)9-18-13/h4-5,8,10H,6-7,9H2,1-3H3/t15-/m0/s1. The number of carbonyl (C=O) groups excluding carboxylic acids is 1. The Morgan fingerprint density at radius 3 is 2.89 bits per heavy atom. The molecule has 96 valence electrons. The average Bonchev–Trinajstić information content (AvgIpc) is 2.65. The normalized spacial score (nSPS) is 26.0. The van der Waals surface area contributed by atoms with Gasteiger partial charge < -0.3 is 4.74 Å². The van der Waals surface area contributed by atoms with E-state index in [0.717, 1.165) is 17.9 Å². The summed E-state index contributed by atoms with van der Waals surface area (Å²) < 4.78 is 5.83. The van der Waals surface area contributed by atoms with Gasteiger partial charge in [0.05, 0.1) is 11.2 Å². The molecule has 0 radical (unpaired) electrons. The molecule has 0 unspecified atom stereocenters. The highest BCUT2D eigenvalue weighted by Gasteiger charge is 2.46. The highest BCUT2D eigenvalue weighted by Crippen LogP contribution is 2.44. The van der Waals surface area contributed by atoms with Crippen molar-refractivity contribution in [1.29, 1.82) is 0 Å². The number of nitrogens with zero attached hydrogens (tertiary/aromatic N) is 1. The number of fused-ring (bicyclic) bond motifs is 3. The summed E-state index contributed by atoms with van der Waals surface area (Å²) in [6.45, 7) is 7.04. The molecule has 2 heterocycles. The molecule has 3 rings (SSSR count). The van der Waals surface area contributed by atoms with Crippen molar-refractivity contribution in [2.45, 2.75) is 45.1 Å². The highest BCUT2D eigenvalue weighted by atomic mass is 16.5. The minimum absolute atomic E-state index is 0.153. The van der Waals surface area contributed by atoms with Crippen molar-refractivity contribution in [3.05, 3.63) is 23.8 Å². The molecule has 2 aliphatic rings. The lowest BCUT2D eigenvalue weighted by Crippen LogP contribution is -2.50. The van der Waals surface area contributed by atoms with E-state index >= 15 is 0 Å². The molecule has 0 spiro atoms. The number of benzene rings is 1. The quantitative estimate of drug-likeness (QED) is 0.761. The summed E-state index contributed by atoms with van der Waals surface area (Å²) in [6, 6.07) is 6.20. The summed E-state index contributed by atoms with van der Waals surface area (Å²) in [4.78, 5) is 14.1. The summed E-state index contributed by atoms with van der Waals surface area (Å²) in [5.41, 5.74) is 2.05. The predicted octanol–water partition coefficient (Wildman–Crippen LogP) is 3.09. The van der Waals surface area contributed by atoms with Crippen molar-refractivity contribution in [1.82, 2.24) is 0 Å². The third kappa shape index (κ3) is 1.53. The molecule has 3 heteroatoms. The number of rotatable bonds is 1. The average molecular weight is 245 g/mol. The van der Waals surface area contributed by atoms with Gasteiger partial charge in [-0.2, -0.15) is 0 Å². The largest absolute Gasteiger partial charge is 0.489 e. The van der Waals surface area contributed by atoms with E-state index in [0.29, 0.717) is 18.9 Å². The first-order valence-electron chi connectivity index (χ1n) is 6.61. The van der Waals surface area contributed by atoms with Crippen LogP contribution < -0.4 is 9.64 Å². The molecule has 2 aliphatic heterocycles. The molecular formula is C15H19NO2. The number of carbonyl (C=O) groups is 1. The highest BCUT2D eigenvalue weighted by molar-refractivity contribution is 5.99. The molecule has 0 saturated carbocycles. The minimum Gasteiger partial charge on any atom is -0.489 e. The van der Waals surface area contributed by atoms with E-state index in [1.54, 1.807) is 0 Å². The SMILES string of the molecule is CC(C)c1ccc2c(c1)N1C(=O)CC[C@@]1(C)CO2. The summed E-state index contributed by atoms with van der Waals surface area (Å²) in [6.07, 6.45) is 1.52. The Bertz CT molecular complexity index is 509. The second-order valence-electron chi connectivity index (χ2n) is 5.90. The maximum atomic E-state index is 12.1. The van der Waals surface area contributed by atoms with E-state index in [2.05, 4.69) is 32.9 Å². The van der Waals surface area contributed by atoms with Gasteiger partial charge in [0, 0.05) is 6.42 Å². The Kier molecular flexibility index (Phi) is 2.40. The number of hydrogen-bond donors (Lipinski definition) is 0. The number of amides is 1. The number of ether oxygens (including phenoxy) is 1. The van der Waals surface area contributed by atoms with Crippen molar-refractivity contribution in [3.8, 4) is 5.75 Å². The van der Waals surface area contributed by atoms with Crippen molar-refractivity contribution in [3.63, 3.8) is 0 Å². The van der Waals surface area contributed by atoms with Crippen molar-refractivity contribution < 1.29 is 9.53 Å². The van der Waals surface area contributed by atoms with Crippen LogP contribution in [0.4, 0.5) is 5.69 Å². The van der Waals surface area contributed by atoms with E-state index in [1.807, 2.05) is 11.0 Å². The van der Waals surface area contributed by atoms with Crippen LogP contribution in [0.1, 0.15) is 45.1 Å². The lowest BCUT2D eigenvalue weighted by Gasteiger charge is -2.40. The lowest BCUT2D eigenvalue weighted by atomic mass is 9.96. The Labute approximate surface area is 108 Å². The molecule has 1 saturated heterocycles. The summed E-state index contributed by atoms with van der Waals surface area (Å²) in [5, 5.41) is 0. The molecule has 1 amide bonds. The van der Waals surface area contributed by atoms with Gasteiger partial charge in [0.15, 0.2) is 0 Å². The third-order valence-corrected chi connectivity index (χ3v) is 4.10. The predicted molar refractivity (Wildman–Crippen MR) is 71.2 cm³/mol. The summed E-state index contributed by atoms with van der Waals surface area (Å²) in [5.74, 6) is 1.52. The fourth-order valence-corrected chi connectivity index (χ4v) is 2.89. The maximum absolute atomic E-state index is 12.1. The monoisotopic (exact) mass is 245 g/mol. The smallest absolute Gasteiger partial charge is 0.227 e. The Morgan fingerprint density at radius 1 is 1.39 bits per heavy atom. The van der Waals surface area contributed by atoms with Crippen molar-refractivity contribution >= 4 is 11.6 Å². The van der Waals surface area contributed by atoms with Gasteiger partial charge in [0.2, 0.25) is 5.91 Å². The van der Waals surface area contributed by atoms with Crippen LogP contribution in [0.25, 0.3) is 0 Å². The first-order valence-corrected chi connectivity index (χ1v) is 6.61. The topological polar surface area (TPSA) is 29.5 Å². The first kappa shape index (κ1) is 11.6. The fraction of sp³-hybridized carbons (Fsp3) is 0.533. The molecule has 0 aliphatic carbocycles. The van der Waals surface area contributed by atoms with E-state index in [1.165, 1.54) is 5.56 Å². The van der Waals surface area contributed by atoms with E-state index in [-0.39, 0.29) is 11.4 Å². The van der Waals surface area contributed by atoms with Crippen LogP contribution in [0, 0.1) is 0 Å². The molecule has 1 atom stereocenters. The zero-order valence-corrected chi connectivity index (χ0v) is 11.2. The van der Waals surface area contributed by atoms with E-state index in [9.17, 15) is 4.79 Å². The Hall–Kier alpha value is -1.51. The zero-order chi connectivity index (χ0) is 12.9. The van der Waals surface area contributed by atoms with E-state index < -0.39 is 0 Å². The van der Waals surface area contributed by atoms with Gasteiger partial charge in [0.1, 0.15) is 12.4 Å². The van der Waals surface area contributed by atoms with E-state index in [4.69, 9.17) is 4.74 Å². The molecule has 1 fully saturated rings. The van der Waals surface area contributed by atoms with Gasteiger partial charge >= 0.3 is 0 Å². The zero-order valence-electron chi connectivity index (χ0n) is 11.2. The molecule has 18 heavy (non-hydrogen) atoms. The molecule has 3 nitrogen and oxygen atoms in total. The molecular weight excluding hydrogens is 226 g/mol. The van der Waals surface area contributed by atoms with Crippen LogP contribution in [-0.4, -0.2) is 18.1 Å². The second kappa shape index (κ2) is 3.74. The van der Waals surface area contributed by atoms with Gasteiger partial charge in [-0.3, -0.25) is 9.69 Å². The summed E-state index contributed by atoms with van der Waals surface area (Å²) >= 11 is 0. The van der Waals surface area contributed by atoms with Crippen LogP contribution in [0.3, 0.4) is 0 Å². The van der Waals surface area contributed by atoms with Crippen molar-refractivity contribution in [2.75, 3.05) is 11.5 Å². The van der Waals surface area contributed by atoms with Gasteiger partial charge in [-0.1, -0.05) is 19.9 Å². The number of hydrogen-bond acceptors (Lipinski definition) is 2. The van der Waals surface area contributed by atoms with Crippen molar-refractivity contribution in [2.24, 2.45) is 0 Å². The van der Waals surface area contributed by atoms with Crippen LogP contribution in [0.2, 0.25) is 0 Å². The third-order valence-electron chi connectivity index (χ3n) is 4.10. The van der Waals surface area contributed by atoms with Gasteiger partial charge in [-0.25, -0.2) is 0 Å². The van der Waals surface area contributed by atoms with Gasteiger partial charge in [-0.05, 0) is 37.0 Å². The Balaban J connectivity index is 2.12. The van der Waals surface area contributed by atoms with Gasteiger partial charge in [-0.15, -0.1) is 0 Å². The molecule has 0 N–H and O–H groups in total. The van der Waals surface area contributed by atoms with Crippen LogP contribution in [0.5, 0.6) is 5.75 Å². The van der Waals surface area contributed by atoms with Crippen LogP contribution >= 0.6 is 0 Å². The number of anilines is 1. The molecule has 1 aromatic carbocycles. The molecule has 0 aromatic heterocycles. The summed E-state index contributed by atoms with van der Waals surface area (Å²) in [7, 11) is 0. The maximum Gasteiger partial charge on any atom is 0.227 e. The first-order chi connectivity index (χ1) is 8.51. The minimum atomic E-state index is -0.153. The fourth-order valence-electron chi connectivity index (χ4n) is 2.89. The van der Waals surface area contributed by atoms with Gasteiger partial charge in [0.25, 0.3) is 0 Å². The molecule has 1 aromatic rings.